The van der Waals surface area contributed by atoms with Gasteiger partial charge in [0.05, 0.1) is 12.7 Å². The molecule has 0 saturated carbocycles. The average Bonchev–Trinajstić information content (AvgIpc) is 3.34. The summed E-state index contributed by atoms with van der Waals surface area (Å²) in [6, 6.07) is 0. The van der Waals surface area contributed by atoms with E-state index in [0.717, 1.165) is 19.3 Å². The lowest BCUT2D eigenvalue weighted by atomic mass is 10.1. The Balaban J connectivity index is 1.84. The number of hydrogen-bond acceptors (Lipinski definition) is 3. The largest absolute Gasteiger partial charge is 0.466 e. The highest BCUT2D eigenvalue weighted by Gasteiger charge is 2.36. The van der Waals surface area contributed by atoms with E-state index in [9.17, 15) is 4.79 Å². The zero-order valence-corrected chi connectivity index (χ0v) is 16.5. The summed E-state index contributed by atoms with van der Waals surface area (Å²) in [6.07, 6.45) is 17.2. The van der Waals surface area contributed by atoms with Gasteiger partial charge in [0.15, 0.2) is 0 Å². The van der Waals surface area contributed by atoms with Crippen LogP contribution in [0, 0.1) is 11.8 Å². The fraction of sp³-hybridized carbons (Fsp3) is 0.864. The normalized spacial score (nSPS) is 18.5. The minimum atomic E-state index is -0.105. The van der Waals surface area contributed by atoms with Crippen molar-refractivity contribution in [3.63, 3.8) is 0 Å². The number of carbonyl (C=O) groups excluding carboxylic acids is 1. The number of unbranched alkanes of at least 4 members (excludes halogenated alkanes) is 10. The molecule has 0 unspecified atom stereocenters. The van der Waals surface area contributed by atoms with Crippen LogP contribution < -0.4 is 0 Å². The van der Waals surface area contributed by atoms with Gasteiger partial charge in [0.2, 0.25) is 0 Å². The van der Waals surface area contributed by atoms with Crippen LogP contribution in [-0.2, 0) is 14.3 Å². The number of ether oxygens (including phenoxy) is 2. The molecule has 25 heavy (non-hydrogen) atoms. The van der Waals surface area contributed by atoms with Crippen molar-refractivity contribution in [2.45, 2.75) is 116 Å². The molecule has 0 amide bonds. The fourth-order valence-corrected chi connectivity index (χ4v) is 3.04. The number of esters is 1. The third-order valence-electron chi connectivity index (χ3n) is 4.66. The molecule has 1 aliphatic heterocycles. The van der Waals surface area contributed by atoms with Crippen molar-refractivity contribution in [2.75, 3.05) is 6.61 Å². The second-order valence-electron chi connectivity index (χ2n) is 7.05. The Morgan fingerprint density at radius 2 is 1.56 bits per heavy atom. The van der Waals surface area contributed by atoms with Crippen LogP contribution in [0.15, 0.2) is 0 Å². The van der Waals surface area contributed by atoms with Crippen molar-refractivity contribution < 1.29 is 14.3 Å². The molecule has 1 rings (SSSR count). The third-order valence-corrected chi connectivity index (χ3v) is 4.66. The van der Waals surface area contributed by atoms with Gasteiger partial charge >= 0.3 is 5.97 Å². The van der Waals surface area contributed by atoms with E-state index in [1.165, 1.54) is 64.2 Å². The van der Waals surface area contributed by atoms with Crippen LogP contribution >= 0.6 is 0 Å². The average molecular weight is 351 g/mol. The van der Waals surface area contributed by atoms with Gasteiger partial charge in [0, 0.05) is 12.8 Å². The molecule has 0 aromatic heterocycles. The summed E-state index contributed by atoms with van der Waals surface area (Å²) in [5, 5.41) is 0. The van der Waals surface area contributed by atoms with Crippen LogP contribution in [0.5, 0.6) is 0 Å². The predicted molar refractivity (Wildman–Crippen MR) is 103 cm³/mol. The quantitative estimate of drug-likeness (QED) is 0.162. The van der Waals surface area contributed by atoms with Gasteiger partial charge in [-0.25, -0.2) is 0 Å². The first kappa shape index (κ1) is 22.0. The first-order valence-electron chi connectivity index (χ1n) is 10.6. The number of rotatable bonds is 15. The molecular formula is C22H38O3. The lowest BCUT2D eigenvalue weighted by Gasteiger charge is -2.00. The summed E-state index contributed by atoms with van der Waals surface area (Å²) >= 11 is 0. The smallest absolute Gasteiger partial charge is 0.305 e. The molecular weight excluding hydrogens is 312 g/mol. The molecule has 0 bridgehead atoms. The molecule has 2 atom stereocenters. The summed E-state index contributed by atoms with van der Waals surface area (Å²) in [6.45, 7) is 4.57. The maximum atomic E-state index is 11.2. The maximum Gasteiger partial charge on any atom is 0.305 e. The van der Waals surface area contributed by atoms with Gasteiger partial charge in [-0.15, -0.1) is 5.92 Å². The van der Waals surface area contributed by atoms with Gasteiger partial charge in [-0.05, 0) is 26.2 Å². The Morgan fingerprint density at radius 1 is 0.920 bits per heavy atom. The first-order chi connectivity index (χ1) is 12.3. The SMILES string of the molecule is CCCCCCCCCCCCC#C[C@H]1O[C@@H]1CCCC(=O)OCC. The Morgan fingerprint density at radius 3 is 2.20 bits per heavy atom. The van der Waals surface area contributed by atoms with Crippen molar-refractivity contribution in [1.29, 1.82) is 0 Å². The number of epoxide rings is 1. The number of carbonyl (C=O) groups is 1. The summed E-state index contributed by atoms with van der Waals surface area (Å²) in [5.74, 6) is 6.36. The standard InChI is InChI=1S/C22H38O3/c1-3-5-6-7-8-9-10-11-12-13-14-15-17-20-21(25-20)18-16-19-22(23)24-4-2/h20-21H,3-14,16,18-19H2,1-2H3/t20-,21-/m1/s1. The highest BCUT2D eigenvalue weighted by atomic mass is 16.6. The van der Waals surface area contributed by atoms with Crippen LogP contribution in [0.2, 0.25) is 0 Å². The molecule has 1 heterocycles. The van der Waals surface area contributed by atoms with Gasteiger partial charge in [0.25, 0.3) is 0 Å². The van der Waals surface area contributed by atoms with Gasteiger partial charge in [-0.1, -0.05) is 70.6 Å². The topological polar surface area (TPSA) is 38.8 Å². The van der Waals surface area contributed by atoms with Gasteiger partial charge in [-0.2, -0.15) is 0 Å². The molecule has 0 aliphatic carbocycles. The van der Waals surface area contributed by atoms with E-state index in [0.29, 0.717) is 13.0 Å². The van der Waals surface area contributed by atoms with Crippen molar-refractivity contribution >= 4 is 5.97 Å². The lowest BCUT2D eigenvalue weighted by molar-refractivity contribution is -0.143. The van der Waals surface area contributed by atoms with Crippen molar-refractivity contribution in [3.05, 3.63) is 0 Å². The van der Waals surface area contributed by atoms with Crippen LogP contribution in [0.25, 0.3) is 0 Å². The Bertz CT molecular complexity index is 394. The van der Waals surface area contributed by atoms with Crippen molar-refractivity contribution in [2.24, 2.45) is 0 Å². The molecule has 1 aliphatic rings. The van der Waals surface area contributed by atoms with Gasteiger partial charge in [0.1, 0.15) is 6.10 Å². The van der Waals surface area contributed by atoms with E-state index in [1.807, 2.05) is 6.92 Å². The molecule has 0 spiro atoms. The zero-order valence-electron chi connectivity index (χ0n) is 16.5. The summed E-state index contributed by atoms with van der Waals surface area (Å²) in [4.78, 5) is 11.2. The molecule has 0 radical (unpaired) electrons. The van der Waals surface area contributed by atoms with Crippen LogP contribution in [0.1, 0.15) is 104 Å². The lowest BCUT2D eigenvalue weighted by Crippen LogP contribution is -2.04. The summed E-state index contributed by atoms with van der Waals surface area (Å²) < 4.78 is 10.4. The fourth-order valence-electron chi connectivity index (χ4n) is 3.04. The van der Waals surface area contributed by atoms with E-state index in [2.05, 4.69) is 18.8 Å². The van der Waals surface area contributed by atoms with Crippen molar-refractivity contribution in [3.8, 4) is 11.8 Å². The molecule has 3 heteroatoms. The highest BCUT2D eigenvalue weighted by Crippen LogP contribution is 2.26. The molecule has 1 saturated heterocycles. The van der Waals surface area contributed by atoms with E-state index in [4.69, 9.17) is 9.47 Å². The Kier molecular flexibility index (Phi) is 13.4. The van der Waals surface area contributed by atoms with Crippen LogP contribution in [-0.4, -0.2) is 24.8 Å². The molecule has 0 N–H and O–H groups in total. The second-order valence-corrected chi connectivity index (χ2v) is 7.05. The highest BCUT2D eigenvalue weighted by molar-refractivity contribution is 5.69. The first-order valence-corrected chi connectivity index (χ1v) is 10.6. The minimum absolute atomic E-state index is 0.105. The predicted octanol–water partition coefficient (Wildman–Crippen LogP) is 5.80. The molecule has 1 fully saturated rings. The van der Waals surface area contributed by atoms with E-state index in [-0.39, 0.29) is 18.2 Å². The summed E-state index contributed by atoms with van der Waals surface area (Å²) in [5.41, 5.74) is 0. The maximum absolute atomic E-state index is 11.2. The monoisotopic (exact) mass is 350 g/mol. The number of hydrogen-bond donors (Lipinski definition) is 0. The molecule has 0 aromatic rings. The third kappa shape index (κ3) is 12.9. The zero-order chi connectivity index (χ0) is 18.2. The van der Waals surface area contributed by atoms with Gasteiger partial charge in [-0.3, -0.25) is 4.79 Å². The van der Waals surface area contributed by atoms with E-state index in [1.54, 1.807) is 0 Å². The Labute approximate surface area is 155 Å². The molecule has 3 nitrogen and oxygen atoms in total. The molecule has 0 aromatic carbocycles. The summed E-state index contributed by atoms with van der Waals surface area (Å²) in [7, 11) is 0. The minimum Gasteiger partial charge on any atom is -0.466 e. The van der Waals surface area contributed by atoms with E-state index < -0.39 is 0 Å². The Hall–Kier alpha value is -1.01. The van der Waals surface area contributed by atoms with Crippen LogP contribution in [0.4, 0.5) is 0 Å². The van der Waals surface area contributed by atoms with Crippen LogP contribution in [0.3, 0.4) is 0 Å². The molecule has 144 valence electrons. The van der Waals surface area contributed by atoms with Gasteiger partial charge < -0.3 is 9.47 Å². The second kappa shape index (κ2) is 15.3. The van der Waals surface area contributed by atoms with Crippen molar-refractivity contribution in [1.82, 2.24) is 0 Å². The van der Waals surface area contributed by atoms with E-state index >= 15 is 0 Å².